The van der Waals surface area contributed by atoms with Crippen molar-refractivity contribution in [2.24, 2.45) is 23.2 Å². The summed E-state index contributed by atoms with van der Waals surface area (Å²) in [4.78, 5) is 25.6. The molecule has 3 aliphatic rings. The van der Waals surface area contributed by atoms with Gasteiger partial charge >= 0.3 is 5.97 Å². The highest BCUT2D eigenvalue weighted by atomic mass is 16.4. The summed E-state index contributed by atoms with van der Waals surface area (Å²) in [5.74, 6) is 1.28. The molecule has 1 N–H and O–H groups in total. The van der Waals surface area contributed by atoms with Gasteiger partial charge in [0.25, 0.3) is 0 Å². The van der Waals surface area contributed by atoms with Crippen LogP contribution in [0.4, 0.5) is 0 Å². The van der Waals surface area contributed by atoms with E-state index in [1.165, 1.54) is 6.42 Å². The highest BCUT2D eigenvalue weighted by molar-refractivity contribution is 5.82. The van der Waals surface area contributed by atoms with Gasteiger partial charge in [0.2, 0.25) is 5.91 Å². The molecule has 0 aromatic carbocycles. The van der Waals surface area contributed by atoms with Crippen molar-refractivity contribution in [1.29, 1.82) is 0 Å². The Bertz CT molecular complexity index is 385. The third-order valence-electron chi connectivity index (χ3n) is 5.39. The molecule has 0 aromatic rings. The Morgan fingerprint density at radius 1 is 1.28 bits per heavy atom. The molecule has 3 unspecified atom stereocenters. The molecular formula is C14H21NO3. The molecule has 1 amide bonds. The van der Waals surface area contributed by atoms with Crippen LogP contribution in [0.15, 0.2) is 0 Å². The fraction of sp³-hybridized carbons (Fsp3) is 0.857. The smallest absolute Gasteiger partial charge is 0.311 e. The van der Waals surface area contributed by atoms with E-state index in [9.17, 15) is 14.7 Å². The van der Waals surface area contributed by atoms with E-state index in [1.807, 2.05) is 11.8 Å². The van der Waals surface area contributed by atoms with Gasteiger partial charge in [-0.25, -0.2) is 0 Å². The van der Waals surface area contributed by atoms with Gasteiger partial charge in [-0.2, -0.15) is 0 Å². The summed E-state index contributed by atoms with van der Waals surface area (Å²) >= 11 is 0. The van der Waals surface area contributed by atoms with Gasteiger partial charge in [-0.3, -0.25) is 9.59 Å². The third kappa shape index (κ3) is 1.73. The van der Waals surface area contributed by atoms with Crippen molar-refractivity contribution in [3.8, 4) is 0 Å². The number of hydrogen-bond acceptors (Lipinski definition) is 2. The number of nitrogens with zero attached hydrogens (tertiary/aromatic N) is 1. The van der Waals surface area contributed by atoms with Gasteiger partial charge in [0.1, 0.15) is 0 Å². The van der Waals surface area contributed by atoms with E-state index < -0.39 is 11.4 Å². The number of carbonyl (C=O) groups is 2. The molecule has 0 radical (unpaired) electrons. The molecule has 3 fully saturated rings. The van der Waals surface area contributed by atoms with Crippen molar-refractivity contribution in [2.45, 2.75) is 39.0 Å². The van der Waals surface area contributed by atoms with Gasteiger partial charge < -0.3 is 10.0 Å². The van der Waals surface area contributed by atoms with Crippen molar-refractivity contribution in [2.75, 3.05) is 13.1 Å². The molecule has 18 heavy (non-hydrogen) atoms. The minimum absolute atomic E-state index is 0.190. The zero-order chi connectivity index (χ0) is 12.9. The molecule has 1 saturated heterocycles. The summed E-state index contributed by atoms with van der Waals surface area (Å²) in [6.45, 7) is 2.96. The quantitative estimate of drug-likeness (QED) is 0.831. The number of amides is 1. The van der Waals surface area contributed by atoms with Gasteiger partial charge in [-0.05, 0) is 43.9 Å². The van der Waals surface area contributed by atoms with E-state index in [2.05, 4.69) is 0 Å². The fourth-order valence-corrected chi connectivity index (χ4v) is 3.85. The third-order valence-corrected chi connectivity index (χ3v) is 5.39. The van der Waals surface area contributed by atoms with E-state index in [1.54, 1.807) is 0 Å². The number of carbonyl (C=O) groups excluding carboxylic acids is 1. The molecular weight excluding hydrogens is 230 g/mol. The van der Waals surface area contributed by atoms with Crippen LogP contribution < -0.4 is 0 Å². The van der Waals surface area contributed by atoms with Crippen LogP contribution in [0, 0.1) is 23.2 Å². The monoisotopic (exact) mass is 251 g/mol. The van der Waals surface area contributed by atoms with Crippen molar-refractivity contribution in [1.82, 2.24) is 4.90 Å². The van der Waals surface area contributed by atoms with Crippen molar-refractivity contribution in [3.05, 3.63) is 0 Å². The average molecular weight is 251 g/mol. The van der Waals surface area contributed by atoms with Crippen LogP contribution in [-0.4, -0.2) is 35.0 Å². The summed E-state index contributed by atoms with van der Waals surface area (Å²) in [5.41, 5.74) is -0.683. The van der Waals surface area contributed by atoms with Gasteiger partial charge in [0, 0.05) is 19.0 Å². The van der Waals surface area contributed by atoms with E-state index in [4.69, 9.17) is 0 Å². The standard InChI is InChI=1S/C14H21NO3/c1-2-14(13(17)18)3-4-15(8-14)12(16)11-6-9-5-10(9)7-11/h9-11H,2-8H2,1H3,(H,17,18). The lowest BCUT2D eigenvalue weighted by Crippen LogP contribution is -2.38. The predicted molar refractivity (Wildman–Crippen MR) is 65.9 cm³/mol. The first-order chi connectivity index (χ1) is 8.55. The summed E-state index contributed by atoms with van der Waals surface area (Å²) in [6.07, 6.45) is 4.64. The largest absolute Gasteiger partial charge is 0.481 e. The fourth-order valence-electron chi connectivity index (χ4n) is 3.85. The lowest BCUT2D eigenvalue weighted by molar-refractivity contribution is -0.149. The first-order valence-electron chi connectivity index (χ1n) is 7.08. The van der Waals surface area contributed by atoms with Crippen LogP contribution in [-0.2, 0) is 9.59 Å². The Hall–Kier alpha value is -1.06. The lowest BCUT2D eigenvalue weighted by Gasteiger charge is -2.25. The summed E-state index contributed by atoms with van der Waals surface area (Å²) in [7, 11) is 0. The molecule has 1 heterocycles. The first-order valence-corrected chi connectivity index (χ1v) is 7.08. The van der Waals surface area contributed by atoms with E-state index in [0.717, 1.165) is 24.7 Å². The number of carboxylic acids is 1. The van der Waals surface area contributed by atoms with Crippen molar-refractivity contribution < 1.29 is 14.7 Å². The highest BCUT2D eigenvalue weighted by Gasteiger charge is 2.51. The Balaban J connectivity index is 1.64. The van der Waals surface area contributed by atoms with E-state index in [-0.39, 0.29) is 11.8 Å². The Morgan fingerprint density at radius 3 is 2.44 bits per heavy atom. The Labute approximate surface area is 107 Å². The maximum atomic E-state index is 12.4. The van der Waals surface area contributed by atoms with E-state index >= 15 is 0 Å². The predicted octanol–water partition coefficient (Wildman–Crippen LogP) is 1.75. The zero-order valence-electron chi connectivity index (χ0n) is 10.9. The summed E-state index contributed by atoms with van der Waals surface area (Å²) < 4.78 is 0. The van der Waals surface area contributed by atoms with E-state index in [0.29, 0.717) is 25.9 Å². The number of fused-ring (bicyclic) bond motifs is 1. The lowest BCUT2D eigenvalue weighted by atomic mass is 9.84. The Kier molecular flexibility index (Phi) is 2.65. The molecule has 2 saturated carbocycles. The first kappa shape index (κ1) is 12.0. The normalized spacial score (nSPS) is 41.8. The minimum Gasteiger partial charge on any atom is -0.481 e. The minimum atomic E-state index is -0.741. The molecule has 100 valence electrons. The van der Waals surface area contributed by atoms with Gasteiger partial charge in [0.15, 0.2) is 0 Å². The van der Waals surface area contributed by atoms with Crippen LogP contribution >= 0.6 is 0 Å². The molecule has 2 aliphatic carbocycles. The van der Waals surface area contributed by atoms with Gasteiger partial charge in [0.05, 0.1) is 5.41 Å². The number of aliphatic carboxylic acids is 1. The molecule has 1 aliphatic heterocycles. The maximum Gasteiger partial charge on any atom is 0.311 e. The van der Waals surface area contributed by atoms with Crippen molar-refractivity contribution in [3.63, 3.8) is 0 Å². The second-order valence-corrected chi connectivity index (χ2v) is 6.37. The molecule has 4 heteroatoms. The summed E-state index contributed by atoms with van der Waals surface area (Å²) in [5, 5.41) is 9.34. The topological polar surface area (TPSA) is 57.6 Å². The van der Waals surface area contributed by atoms with Crippen LogP contribution in [0.1, 0.15) is 39.0 Å². The molecule has 4 nitrogen and oxygen atoms in total. The van der Waals surface area contributed by atoms with Crippen LogP contribution in [0.3, 0.4) is 0 Å². The average Bonchev–Trinajstić information content (AvgIpc) is 2.83. The van der Waals surface area contributed by atoms with Crippen LogP contribution in [0.2, 0.25) is 0 Å². The Morgan fingerprint density at radius 2 is 1.94 bits per heavy atom. The van der Waals surface area contributed by atoms with Crippen LogP contribution in [0.25, 0.3) is 0 Å². The zero-order valence-corrected chi connectivity index (χ0v) is 10.9. The molecule has 0 bridgehead atoms. The second kappa shape index (κ2) is 3.97. The number of hydrogen-bond donors (Lipinski definition) is 1. The number of carboxylic acid groups (broad SMARTS) is 1. The van der Waals surface area contributed by atoms with Gasteiger partial charge in [-0.15, -0.1) is 0 Å². The number of likely N-dealkylation sites (tertiary alicyclic amines) is 1. The van der Waals surface area contributed by atoms with Crippen molar-refractivity contribution >= 4 is 11.9 Å². The number of rotatable bonds is 3. The second-order valence-electron chi connectivity index (χ2n) is 6.37. The molecule has 0 spiro atoms. The highest BCUT2D eigenvalue weighted by Crippen LogP contribution is 2.55. The van der Waals surface area contributed by atoms with Gasteiger partial charge in [-0.1, -0.05) is 6.92 Å². The molecule has 3 rings (SSSR count). The summed E-state index contributed by atoms with van der Waals surface area (Å²) in [6, 6.07) is 0. The SMILES string of the molecule is CCC1(C(=O)O)CCN(C(=O)C2CC3CC3C2)C1. The maximum absolute atomic E-state index is 12.4. The molecule has 3 atom stereocenters. The molecule has 0 aromatic heterocycles. The van der Waals surface area contributed by atoms with Crippen LogP contribution in [0.5, 0.6) is 0 Å².